The van der Waals surface area contributed by atoms with E-state index < -0.39 is 5.92 Å². The van der Waals surface area contributed by atoms with Gasteiger partial charge in [0, 0.05) is 17.7 Å². The van der Waals surface area contributed by atoms with Crippen LogP contribution < -0.4 is 14.8 Å². The molecule has 3 aromatic carbocycles. The molecule has 198 valence electrons. The Morgan fingerprint density at radius 1 is 0.974 bits per heavy atom. The van der Waals surface area contributed by atoms with Gasteiger partial charge >= 0.3 is 0 Å². The summed E-state index contributed by atoms with van der Waals surface area (Å²) >= 11 is 0. The third-order valence-corrected chi connectivity index (χ3v) is 7.20. The molecule has 1 aliphatic carbocycles. The van der Waals surface area contributed by atoms with E-state index in [-0.39, 0.29) is 17.2 Å². The molecule has 7 nitrogen and oxygen atoms in total. The van der Waals surface area contributed by atoms with Crippen LogP contribution in [-0.2, 0) is 11.4 Å². The van der Waals surface area contributed by atoms with Gasteiger partial charge in [0.25, 0.3) is 0 Å². The van der Waals surface area contributed by atoms with E-state index >= 15 is 0 Å². The third-order valence-electron chi connectivity index (χ3n) is 7.20. The molecule has 0 saturated heterocycles. The van der Waals surface area contributed by atoms with Crippen LogP contribution in [0.25, 0.3) is 11.4 Å². The maximum atomic E-state index is 13.7. The van der Waals surface area contributed by atoms with Crippen LogP contribution in [0, 0.1) is 11.3 Å². The lowest BCUT2D eigenvalue weighted by molar-refractivity contribution is -0.125. The normalized spacial score (nSPS) is 19.4. The number of rotatable bonds is 7. The van der Waals surface area contributed by atoms with Crippen LogP contribution in [0.1, 0.15) is 44.4 Å². The highest BCUT2D eigenvalue weighted by Gasteiger charge is 2.45. The summed E-state index contributed by atoms with van der Waals surface area (Å²) in [5, 5.41) is 8.34. The minimum Gasteiger partial charge on any atom is -0.490 e. The summed E-state index contributed by atoms with van der Waals surface area (Å²) in [4.78, 5) is 18.5. The Morgan fingerprint density at radius 2 is 1.72 bits per heavy atom. The van der Waals surface area contributed by atoms with E-state index in [0.29, 0.717) is 42.9 Å². The Bertz CT molecular complexity index is 1530. The maximum absolute atomic E-state index is 13.7. The van der Waals surface area contributed by atoms with Crippen molar-refractivity contribution in [3.63, 3.8) is 0 Å². The van der Waals surface area contributed by atoms with E-state index in [9.17, 15) is 4.79 Å². The molecule has 0 fully saturated rings. The Labute approximate surface area is 228 Å². The molecule has 0 saturated carbocycles. The monoisotopic (exact) mass is 520 g/mol. The molecular weight excluding hydrogens is 488 g/mol. The van der Waals surface area contributed by atoms with Crippen LogP contribution in [-0.4, -0.2) is 27.2 Å². The van der Waals surface area contributed by atoms with Crippen molar-refractivity contribution in [2.24, 2.45) is 11.3 Å². The average molecular weight is 521 g/mol. The molecule has 1 N–H and O–H groups in total. The number of hydrogen-bond donors (Lipinski definition) is 1. The third kappa shape index (κ3) is 4.92. The number of nitrogens with zero attached hydrogens (tertiary/aromatic N) is 3. The second-order valence-electron chi connectivity index (χ2n) is 10.8. The SMILES string of the molecule is CCOc1cc([C@H]2[C@H]3C(=O)CC(C)(C)C=C3Nc3nc(-c4ccccc4)nn32)ccc1OCc1ccccc1. The second-order valence-corrected chi connectivity index (χ2v) is 10.8. The van der Waals surface area contributed by atoms with Crippen molar-refractivity contribution in [1.29, 1.82) is 0 Å². The number of hydrogen-bond acceptors (Lipinski definition) is 6. The Hall–Kier alpha value is -4.39. The van der Waals surface area contributed by atoms with Crippen LogP contribution in [0.4, 0.5) is 5.95 Å². The second kappa shape index (κ2) is 10.1. The van der Waals surface area contributed by atoms with Crippen molar-refractivity contribution < 1.29 is 14.3 Å². The van der Waals surface area contributed by atoms with Gasteiger partial charge in [-0.25, -0.2) is 4.68 Å². The molecule has 1 aromatic heterocycles. The molecule has 1 aliphatic heterocycles. The van der Waals surface area contributed by atoms with Crippen molar-refractivity contribution in [3.8, 4) is 22.9 Å². The number of fused-ring (bicyclic) bond motifs is 2. The molecule has 0 bridgehead atoms. The molecule has 0 amide bonds. The van der Waals surface area contributed by atoms with Crippen LogP contribution >= 0.6 is 0 Å². The quantitative estimate of drug-likeness (QED) is 0.302. The van der Waals surface area contributed by atoms with Crippen LogP contribution in [0.3, 0.4) is 0 Å². The number of carbonyl (C=O) groups is 1. The molecule has 4 aromatic rings. The first-order valence-corrected chi connectivity index (χ1v) is 13.4. The van der Waals surface area contributed by atoms with E-state index in [2.05, 4.69) is 25.2 Å². The smallest absolute Gasteiger partial charge is 0.226 e. The number of ketones is 1. The maximum Gasteiger partial charge on any atom is 0.226 e. The van der Waals surface area contributed by atoms with Gasteiger partial charge < -0.3 is 14.8 Å². The Kier molecular flexibility index (Phi) is 6.43. The van der Waals surface area contributed by atoms with E-state index in [4.69, 9.17) is 19.6 Å². The lowest BCUT2D eigenvalue weighted by Crippen LogP contribution is -2.42. The van der Waals surface area contributed by atoms with Gasteiger partial charge in [-0.1, -0.05) is 86.7 Å². The fourth-order valence-corrected chi connectivity index (χ4v) is 5.50. The number of carbonyl (C=O) groups excluding carboxylic acids is 1. The van der Waals surface area contributed by atoms with Gasteiger partial charge in [0.15, 0.2) is 17.3 Å². The molecule has 39 heavy (non-hydrogen) atoms. The number of benzene rings is 3. The minimum absolute atomic E-state index is 0.180. The first-order chi connectivity index (χ1) is 18.9. The summed E-state index contributed by atoms with van der Waals surface area (Å²) in [5.41, 5.74) is 3.55. The highest BCUT2D eigenvalue weighted by molar-refractivity contribution is 5.88. The van der Waals surface area contributed by atoms with E-state index in [0.717, 1.165) is 22.4 Å². The number of aromatic nitrogens is 3. The zero-order valence-corrected chi connectivity index (χ0v) is 22.4. The molecule has 2 heterocycles. The van der Waals surface area contributed by atoms with Crippen molar-refractivity contribution in [1.82, 2.24) is 14.8 Å². The highest BCUT2D eigenvalue weighted by atomic mass is 16.5. The molecule has 6 rings (SSSR count). The number of allylic oxidation sites excluding steroid dienone is 2. The summed E-state index contributed by atoms with van der Waals surface area (Å²) in [6.07, 6.45) is 2.64. The predicted molar refractivity (Wildman–Crippen MR) is 151 cm³/mol. The van der Waals surface area contributed by atoms with Crippen molar-refractivity contribution in [3.05, 3.63) is 102 Å². The van der Waals surface area contributed by atoms with Gasteiger partial charge in [0.1, 0.15) is 12.4 Å². The number of anilines is 1. The summed E-state index contributed by atoms with van der Waals surface area (Å²) in [5.74, 6) is 2.31. The Balaban J connectivity index is 1.43. The molecule has 7 heteroatoms. The lowest BCUT2D eigenvalue weighted by atomic mass is 9.72. The Morgan fingerprint density at radius 3 is 2.46 bits per heavy atom. The van der Waals surface area contributed by atoms with Gasteiger partial charge in [-0.3, -0.25) is 4.79 Å². The van der Waals surface area contributed by atoms with E-state index in [1.807, 2.05) is 90.5 Å². The number of Topliss-reactive ketones (excluding diaryl/α,β-unsaturated/α-hetero) is 1. The van der Waals surface area contributed by atoms with E-state index in [1.165, 1.54) is 0 Å². The van der Waals surface area contributed by atoms with Crippen LogP contribution in [0.2, 0.25) is 0 Å². The predicted octanol–water partition coefficient (Wildman–Crippen LogP) is 6.44. The van der Waals surface area contributed by atoms with Gasteiger partial charge in [-0.2, -0.15) is 4.98 Å². The van der Waals surface area contributed by atoms with Gasteiger partial charge in [0.2, 0.25) is 5.95 Å². The fourth-order valence-electron chi connectivity index (χ4n) is 5.50. The zero-order valence-electron chi connectivity index (χ0n) is 22.4. The summed E-state index contributed by atoms with van der Waals surface area (Å²) < 4.78 is 14.0. The van der Waals surface area contributed by atoms with Crippen molar-refractivity contribution in [2.75, 3.05) is 11.9 Å². The van der Waals surface area contributed by atoms with Crippen molar-refractivity contribution in [2.45, 2.75) is 39.8 Å². The summed E-state index contributed by atoms with van der Waals surface area (Å²) in [7, 11) is 0. The van der Waals surface area contributed by atoms with Gasteiger partial charge in [0.05, 0.1) is 18.6 Å². The van der Waals surface area contributed by atoms with Gasteiger partial charge in [-0.05, 0) is 35.6 Å². The van der Waals surface area contributed by atoms with Crippen molar-refractivity contribution >= 4 is 11.7 Å². The molecule has 0 unspecified atom stereocenters. The largest absolute Gasteiger partial charge is 0.490 e. The molecule has 2 atom stereocenters. The van der Waals surface area contributed by atoms with Gasteiger partial charge in [-0.15, -0.1) is 5.10 Å². The molecular formula is C32H32N4O3. The summed E-state index contributed by atoms with van der Waals surface area (Å²) in [6, 6.07) is 25.5. The topological polar surface area (TPSA) is 78.3 Å². The first-order valence-electron chi connectivity index (χ1n) is 13.4. The number of ether oxygens (including phenoxy) is 2. The van der Waals surface area contributed by atoms with E-state index in [1.54, 1.807) is 0 Å². The summed E-state index contributed by atoms with van der Waals surface area (Å²) in [6.45, 7) is 7.06. The lowest BCUT2D eigenvalue weighted by Gasteiger charge is -2.40. The fraction of sp³-hybridized carbons (Fsp3) is 0.281. The van der Waals surface area contributed by atoms with Crippen LogP contribution in [0.15, 0.2) is 90.6 Å². The molecule has 0 spiro atoms. The minimum atomic E-state index is -0.401. The zero-order chi connectivity index (χ0) is 27.0. The average Bonchev–Trinajstić information content (AvgIpc) is 3.35. The standard InChI is InChI=1S/C32H32N4O3/c1-4-38-27-17-23(15-16-26(27)39-20-21-11-7-5-8-12-21)29-28-24(18-32(2,3)19-25(28)37)33-31-34-30(35-36(29)31)22-13-9-6-10-14-22/h5-18,28-29H,4,19-20H2,1-3H3,(H,33,34,35)/t28-,29+/m1/s1. The molecule has 0 radical (unpaired) electrons. The van der Waals surface area contributed by atoms with Crippen LogP contribution in [0.5, 0.6) is 11.5 Å². The highest BCUT2D eigenvalue weighted by Crippen LogP contribution is 2.47. The first kappa shape index (κ1) is 24.9. The molecule has 2 aliphatic rings. The number of nitrogens with one attached hydrogen (secondary N) is 1.